The third kappa shape index (κ3) is 3.53. The largest absolute Gasteiger partial charge is 0.392 e. The molecule has 0 amide bonds. The van der Waals surface area contributed by atoms with Gasteiger partial charge in [-0.05, 0) is 37.7 Å². The Kier molecular flexibility index (Phi) is 4.73. The molecule has 1 heterocycles. The Morgan fingerprint density at radius 1 is 1.40 bits per heavy atom. The van der Waals surface area contributed by atoms with Crippen molar-refractivity contribution >= 4 is 0 Å². The van der Waals surface area contributed by atoms with Gasteiger partial charge < -0.3 is 5.73 Å². The number of hydrogen-bond donors (Lipinski definition) is 1. The zero-order chi connectivity index (χ0) is 14.8. The molecule has 1 fully saturated rings. The maximum absolute atomic E-state index is 13.1. The Hall–Kier alpha value is -1.04. The molecule has 20 heavy (non-hydrogen) atoms. The molecule has 3 atom stereocenters. The first-order chi connectivity index (χ1) is 9.41. The number of alkyl halides is 3. The molecule has 0 spiro atoms. The molecule has 1 saturated carbocycles. The van der Waals surface area contributed by atoms with Crippen LogP contribution in [0, 0.1) is 11.8 Å². The molecule has 3 nitrogen and oxygen atoms in total. The first-order valence-electron chi connectivity index (χ1n) is 7.25. The zero-order valence-electron chi connectivity index (χ0n) is 11.7. The molecule has 0 bridgehead atoms. The lowest BCUT2D eigenvalue weighted by Gasteiger charge is -2.36. The van der Waals surface area contributed by atoms with Gasteiger partial charge in [-0.2, -0.15) is 18.3 Å². The van der Waals surface area contributed by atoms with Crippen LogP contribution in [0.3, 0.4) is 0 Å². The summed E-state index contributed by atoms with van der Waals surface area (Å²) in [4.78, 5) is 0. The molecule has 1 aliphatic carbocycles. The van der Waals surface area contributed by atoms with Gasteiger partial charge in [0.15, 0.2) is 0 Å². The maximum Gasteiger partial charge on any atom is 0.392 e. The number of rotatable bonds is 4. The van der Waals surface area contributed by atoms with E-state index in [1.165, 1.54) is 0 Å². The van der Waals surface area contributed by atoms with Crippen LogP contribution in [0.1, 0.15) is 38.2 Å². The predicted octanol–water partition coefficient (Wildman–Crippen LogP) is 3.14. The van der Waals surface area contributed by atoms with Gasteiger partial charge in [-0.15, -0.1) is 0 Å². The third-order valence-corrected chi connectivity index (χ3v) is 4.27. The van der Waals surface area contributed by atoms with Gasteiger partial charge >= 0.3 is 6.18 Å². The Labute approximate surface area is 117 Å². The minimum absolute atomic E-state index is 0.218. The van der Waals surface area contributed by atoms with Crippen molar-refractivity contribution in [2.24, 2.45) is 17.6 Å². The Bertz CT molecular complexity index is 428. The molecule has 0 radical (unpaired) electrons. The minimum atomic E-state index is -4.13. The second-order valence-electron chi connectivity index (χ2n) is 5.67. The normalized spacial score (nSPS) is 25.6. The van der Waals surface area contributed by atoms with Crippen LogP contribution in [0.4, 0.5) is 13.2 Å². The van der Waals surface area contributed by atoms with Crippen molar-refractivity contribution in [2.75, 3.05) is 0 Å². The van der Waals surface area contributed by atoms with Crippen LogP contribution in [-0.4, -0.2) is 22.0 Å². The number of aryl methyl sites for hydroxylation is 1. The van der Waals surface area contributed by atoms with E-state index < -0.39 is 24.1 Å². The molecule has 2 rings (SSSR count). The van der Waals surface area contributed by atoms with Crippen LogP contribution in [0.25, 0.3) is 0 Å². The number of aromatic nitrogens is 2. The monoisotopic (exact) mass is 289 g/mol. The summed E-state index contributed by atoms with van der Waals surface area (Å²) in [5.74, 6) is -1.71. The summed E-state index contributed by atoms with van der Waals surface area (Å²) in [5, 5.41) is 4.14. The quantitative estimate of drug-likeness (QED) is 0.925. The van der Waals surface area contributed by atoms with E-state index in [1.54, 1.807) is 10.9 Å². The van der Waals surface area contributed by atoms with E-state index in [0.717, 1.165) is 18.5 Å². The van der Waals surface area contributed by atoms with Gasteiger partial charge in [0.25, 0.3) is 0 Å². The van der Waals surface area contributed by atoms with Gasteiger partial charge in [0.2, 0.25) is 0 Å². The van der Waals surface area contributed by atoms with E-state index in [0.29, 0.717) is 19.3 Å². The molecule has 6 heteroatoms. The summed E-state index contributed by atoms with van der Waals surface area (Å²) < 4.78 is 41.0. The number of nitrogens with zero attached hydrogens (tertiary/aromatic N) is 2. The smallest absolute Gasteiger partial charge is 0.327 e. The summed E-state index contributed by atoms with van der Waals surface area (Å²) in [5.41, 5.74) is 7.00. The van der Waals surface area contributed by atoms with Crippen molar-refractivity contribution in [3.05, 3.63) is 18.0 Å². The van der Waals surface area contributed by atoms with Crippen molar-refractivity contribution in [1.82, 2.24) is 9.78 Å². The molecule has 114 valence electrons. The van der Waals surface area contributed by atoms with Gasteiger partial charge in [-0.3, -0.25) is 4.68 Å². The predicted molar refractivity (Wildman–Crippen MR) is 71.1 cm³/mol. The molecule has 0 saturated heterocycles. The lowest BCUT2D eigenvalue weighted by molar-refractivity contribution is -0.198. The summed E-state index contributed by atoms with van der Waals surface area (Å²) >= 11 is 0. The lowest BCUT2D eigenvalue weighted by atomic mass is 9.74. The van der Waals surface area contributed by atoms with Crippen molar-refractivity contribution in [1.29, 1.82) is 0 Å². The van der Waals surface area contributed by atoms with Crippen LogP contribution in [0.15, 0.2) is 12.4 Å². The van der Waals surface area contributed by atoms with Crippen LogP contribution in [-0.2, 0) is 13.0 Å². The third-order valence-electron chi connectivity index (χ3n) is 4.27. The van der Waals surface area contributed by atoms with Crippen molar-refractivity contribution in [2.45, 2.75) is 57.8 Å². The van der Waals surface area contributed by atoms with E-state index in [4.69, 9.17) is 5.73 Å². The minimum Gasteiger partial charge on any atom is -0.327 e. The Morgan fingerprint density at radius 3 is 2.70 bits per heavy atom. The second kappa shape index (κ2) is 6.16. The standard InChI is InChI=1S/C14H22F3N3/c1-2-20-9-10(8-19-20)7-13(18)11-5-3-4-6-12(11)14(15,16)17/h8-9,11-13H,2-7,18H2,1H3. The molecule has 1 aromatic rings. The van der Waals surface area contributed by atoms with E-state index in [-0.39, 0.29) is 6.42 Å². The van der Waals surface area contributed by atoms with E-state index in [2.05, 4.69) is 5.10 Å². The highest BCUT2D eigenvalue weighted by atomic mass is 19.4. The number of halogens is 3. The van der Waals surface area contributed by atoms with Gasteiger partial charge in [0, 0.05) is 18.8 Å². The molecule has 1 aromatic heterocycles. The van der Waals surface area contributed by atoms with Crippen molar-refractivity contribution in [3.63, 3.8) is 0 Å². The molecular formula is C14H22F3N3. The summed E-state index contributed by atoms with van der Waals surface area (Å²) in [6.07, 6.45) is 2.21. The van der Waals surface area contributed by atoms with Crippen LogP contribution >= 0.6 is 0 Å². The highest BCUT2D eigenvalue weighted by molar-refractivity contribution is 5.07. The fourth-order valence-corrected chi connectivity index (χ4v) is 3.19. The molecular weight excluding hydrogens is 267 g/mol. The SMILES string of the molecule is CCn1cc(CC(N)C2CCCCC2C(F)(F)F)cn1. The zero-order valence-corrected chi connectivity index (χ0v) is 11.7. The van der Waals surface area contributed by atoms with Crippen LogP contribution in [0.2, 0.25) is 0 Å². The summed E-state index contributed by atoms with van der Waals surface area (Å²) in [6, 6.07) is -0.448. The summed E-state index contributed by atoms with van der Waals surface area (Å²) in [6.45, 7) is 2.72. The van der Waals surface area contributed by atoms with Crippen LogP contribution < -0.4 is 5.73 Å². The first-order valence-corrected chi connectivity index (χ1v) is 7.25. The van der Waals surface area contributed by atoms with Gasteiger partial charge in [-0.25, -0.2) is 0 Å². The average molecular weight is 289 g/mol. The molecule has 0 aromatic carbocycles. The lowest BCUT2D eigenvalue weighted by Crippen LogP contribution is -2.44. The molecule has 0 aliphatic heterocycles. The first kappa shape index (κ1) is 15.4. The Balaban J connectivity index is 2.03. The number of nitrogens with two attached hydrogens (primary N) is 1. The second-order valence-corrected chi connectivity index (χ2v) is 5.67. The number of hydrogen-bond acceptors (Lipinski definition) is 2. The molecule has 3 unspecified atom stereocenters. The molecule has 1 aliphatic rings. The van der Waals surface area contributed by atoms with Crippen molar-refractivity contribution in [3.8, 4) is 0 Å². The van der Waals surface area contributed by atoms with E-state index in [1.807, 2.05) is 13.1 Å². The van der Waals surface area contributed by atoms with E-state index in [9.17, 15) is 13.2 Å². The van der Waals surface area contributed by atoms with Gasteiger partial charge in [-0.1, -0.05) is 12.8 Å². The maximum atomic E-state index is 13.1. The summed E-state index contributed by atoms with van der Waals surface area (Å²) in [7, 11) is 0. The fourth-order valence-electron chi connectivity index (χ4n) is 3.19. The van der Waals surface area contributed by atoms with Gasteiger partial charge in [0.05, 0.1) is 12.1 Å². The van der Waals surface area contributed by atoms with Gasteiger partial charge in [0.1, 0.15) is 0 Å². The average Bonchev–Trinajstić information content (AvgIpc) is 2.85. The van der Waals surface area contributed by atoms with Crippen LogP contribution in [0.5, 0.6) is 0 Å². The highest BCUT2D eigenvalue weighted by Crippen LogP contribution is 2.42. The molecule has 2 N–H and O–H groups in total. The highest BCUT2D eigenvalue weighted by Gasteiger charge is 2.47. The topological polar surface area (TPSA) is 43.8 Å². The Morgan fingerprint density at radius 2 is 2.10 bits per heavy atom. The van der Waals surface area contributed by atoms with E-state index >= 15 is 0 Å². The fraction of sp³-hybridized carbons (Fsp3) is 0.786. The van der Waals surface area contributed by atoms with Crippen molar-refractivity contribution < 1.29 is 13.2 Å².